The Morgan fingerprint density at radius 2 is 1.79 bits per heavy atom. The summed E-state index contributed by atoms with van der Waals surface area (Å²) >= 11 is 5.91. The Labute approximate surface area is 153 Å². The van der Waals surface area contributed by atoms with Gasteiger partial charge in [0.25, 0.3) is 0 Å². The number of benzene rings is 2. The first kappa shape index (κ1) is 20.3. The lowest BCUT2D eigenvalue weighted by Gasteiger charge is -2.27. The first-order valence-corrected chi connectivity index (χ1v) is 7.74. The zero-order valence-corrected chi connectivity index (χ0v) is 15.2. The number of rotatable bonds is 7. The fourth-order valence-electron chi connectivity index (χ4n) is 2.26. The molecule has 0 aliphatic carbocycles. The second kappa shape index (κ2) is 8.92. The number of hydrogen-bond acceptors (Lipinski definition) is 3. The van der Waals surface area contributed by atoms with Crippen molar-refractivity contribution in [3.8, 4) is 5.75 Å². The number of carboxylic acids is 1. The van der Waals surface area contributed by atoms with E-state index in [1.54, 1.807) is 18.2 Å². The van der Waals surface area contributed by atoms with E-state index in [2.05, 4.69) is 19.2 Å². The van der Waals surface area contributed by atoms with Crippen LogP contribution in [0.25, 0.3) is 0 Å². The van der Waals surface area contributed by atoms with Gasteiger partial charge in [-0.3, -0.25) is 0 Å². The second-order valence-electron chi connectivity index (χ2n) is 5.71. The Morgan fingerprint density at radius 3 is 2.42 bits per heavy atom. The van der Waals surface area contributed by atoms with E-state index in [9.17, 15) is 4.79 Å². The van der Waals surface area contributed by atoms with Gasteiger partial charge in [-0.2, -0.15) is 0 Å². The van der Waals surface area contributed by atoms with Crippen LogP contribution in [0, 0.1) is 0 Å². The quantitative estimate of drug-likeness (QED) is 0.711. The van der Waals surface area contributed by atoms with Crippen LogP contribution in [0.1, 0.15) is 29.8 Å². The molecule has 2 aromatic carbocycles. The Bertz CT molecular complexity index is 672. The van der Waals surface area contributed by atoms with Gasteiger partial charge in [0.1, 0.15) is 17.9 Å². The van der Waals surface area contributed by atoms with E-state index in [-0.39, 0.29) is 23.5 Å². The zero-order valence-electron chi connectivity index (χ0n) is 13.6. The van der Waals surface area contributed by atoms with Gasteiger partial charge < -0.3 is 15.2 Å². The van der Waals surface area contributed by atoms with Gasteiger partial charge in [0.05, 0.1) is 0 Å². The van der Waals surface area contributed by atoms with Gasteiger partial charge in [0, 0.05) is 17.1 Å². The Kier molecular flexibility index (Phi) is 7.55. The molecule has 4 nitrogen and oxygen atoms in total. The summed E-state index contributed by atoms with van der Waals surface area (Å²) in [4.78, 5) is 11.1. The lowest BCUT2D eigenvalue weighted by atomic mass is 9.94. The normalized spacial score (nSPS) is 10.8. The molecule has 24 heavy (non-hydrogen) atoms. The molecule has 0 saturated carbocycles. The molecule has 2 aromatic rings. The largest absolute Gasteiger partial charge is 0.491 e. The minimum absolute atomic E-state index is 0. The van der Waals surface area contributed by atoms with E-state index in [1.165, 1.54) is 6.07 Å². The van der Waals surface area contributed by atoms with Gasteiger partial charge >= 0.3 is 5.97 Å². The third-order valence-electron chi connectivity index (χ3n) is 3.61. The van der Waals surface area contributed by atoms with Gasteiger partial charge in [-0.15, -0.1) is 12.4 Å². The van der Waals surface area contributed by atoms with Crippen molar-refractivity contribution in [2.45, 2.75) is 19.4 Å². The summed E-state index contributed by atoms with van der Waals surface area (Å²) in [7, 11) is 0. The van der Waals surface area contributed by atoms with Crippen LogP contribution in [0.2, 0.25) is 5.02 Å². The van der Waals surface area contributed by atoms with E-state index in [1.807, 2.05) is 24.3 Å². The predicted molar refractivity (Wildman–Crippen MR) is 98.6 cm³/mol. The third-order valence-corrected chi connectivity index (χ3v) is 3.86. The zero-order chi connectivity index (χ0) is 16.9. The SMILES string of the molecule is CC(C)(NCCOc1ccccc1C(=O)O)c1ccc(Cl)cc1.Cl. The third kappa shape index (κ3) is 5.41. The Balaban J connectivity index is 0.00000288. The topological polar surface area (TPSA) is 58.6 Å². The van der Waals surface area contributed by atoms with Crippen molar-refractivity contribution in [1.82, 2.24) is 5.32 Å². The van der Waals surface area contributed by atoms with Crippen molar-refractivity contribution in [1.29, 1.82) is 0 Å². The molecule has 0 atom stereocenters. The monoisotopic (exact) mass is 369 g/mol. The maximum atomic E-state index is 11.1. The molecule has 0 aliphatic rings. The highest BCUT2D eigenvalue weighted by atomic mass is 35.5. The van der Waals surface area contributed by atoms with Crippen LogP contribution in [0.3, 0.4) is 0 Å². The van der Waals surface area contributed by atoms with Gasteiger partial charge in [-0.05, 0) is 43.7 Å². The van der Waals surface area contributed by atoms with E-state index in [0.29, 0.717) is 23.9 Å². The molecule has 0 fully saturated rings. The maximum absolute atomic E-state index is 11.1. The Hall–Kier alpha value is -1.75. The van der Waals surface area contributed by atoms with E-state index in [4.69, 9.17) is 21.4 Å². The fraction of sp³-hybridized carbons (Fsp3) is 0.278. The molecular formula is C18H21Cl2NO3. The number of carbonyl (C=O) groups is 1. The fourth-order valence-corrected chi connectivity index (χ4v) is 2.39. The van der Waals surface area contributed by atoms with Crippen molar-refractivity contribution >= 4 is 30.0 Å². The lowest BCUT2D eigenvalue weighted by Crippen LogP contribution is -2.39. The van der Waals surface area contributed by atoms with Crippen LogP contribution in [0.5, 0.6) is 5.75 Å². The molecule has 2 N–H and O–H groups in total. The second-order valence-corrected chi connectivity index (χ2v) is 6.14. The molecule has 130 valence electrons. The molecular weight excluding hydrogens is 349 g/mol. The average molecular weight is 370 g/mol. The first-order valence-electron chi connectivity index (χ1n) is 7.36. The lowest BCUT2D eigenvalue weighted by molar-refractivity contribution is 0.0692. The molecule has 0 unspecified atom stereocenters. The highest BCUT2D eigenvalue weighted by Gasteiger charge is 2.19. The molecule has 0 bridgehead atoms. The highest BCUT2D eigenvalue weighted by Crippen LogP contribution is 2.22. The van der Waals surface area contributed by atoms with Crippen molar-refractivity contribution < 1.29 is 14.6 Å². The minimum Gasteiger partial charge on any atom is -0.491 e. The van der Waals surface area contributed by atoms with Crippen LogP contribution < -0.4 is 10.1 Å². The summed E-state index contributed by atoms with van der Waals surface area (Å²) in [5, 5.41) is 13.2. The number of ether oxygens (including phenoxy) is 1. The molecule has 2 rings (SSSR count). The highest BCUT2D eigenvalue weighted by molar-refractivity contribution is 6.30. The predicted octanol–water partition coefficient (Wildman–Crippen LogP) is 4.36. The average Bonchev–Trinajstić information content (AvgIpc) is 2.52. The standard InChI is InChI=1S/C18H20ClNO3.ClH/c1-18(2,13-7-9-14(19)10-8-13)20-11-12-23-16-6-4-3-5-15(16)17(21)22;/h3-10,20H,11-12H2,1-2H3,(H,21,22);1H. The molecule has 0 heterocycles. The summed E-state index contributed by atoms with van der Waals surface area (Å²) in [6, 6.07) is 14.3. The van der Waals surface area contributed by atoms with Gasteiger partial charge in [-0.1, -0.05) is 35.9 Å². The van der Waals surface area contributed by atoms with Crippen molar-refractivity contribution in [3.05, 3.63) is 64.7 Å². The number of carboxylic acid groups (broad SMARTS) is 1. The molecule has 0 saturated heterocycles. The summed E-state index contributed by atoms with van der Waals surface area (Å²) in [6.45, 7) is 5.10. The molecule has 6 heteroatoms. The molecule has 0 aromatic heterocycles. The van der Waals surface area contributed by atoms with Crippen molar-refractivity contribution in [2.75, 3.05) is 13.2 Å². The van der Waals surface area contributed by atoms with Crippen molar-refractivity contribution in [3.63, 3.8) is 0 Å². The van der Waals surface area contributed by atoms with E-state index >= 15 is 0 Å². The summed E-state index contributed by atoms with van der Waals surface area (Å²) in [6.07, 6.45) is 0. The Morgan fingerprint density at radius 1 is 1.17 bits per heavy atom. The number of hydrogen-bond donors (Lipinski definition) is 2. The maximum Gasteiger partial charge on any atom is 0.339 e. The van der Waals surface area contributed by atoms with E-state index < -0.39 is 5.97 Å². The van der Waals surface area contributed by atoms with E-state index in [0.717, 1.165) is 5.56 Å². The molecule has 0 amide bonds. The van der Waals surface area contributed by atoms with Crippen LogP contribution in [-0.4, -0.2) is 24.2 Å². The summed E-state index contributed by atoms with van der Waals surface area (Å²) in [5.41, 5.74) is 1.05. The van der Waals surface area contributed by atoms with Gasteiger partial charge in [0.15, 0.2) is 0 Å². The molecule has 0 radical (unpaired) electrons. The smallest absolute Gasteiger partial charge is 0.339 e. The van der Waals surface area contributed by atoms with Crippen LogP contribution in [0.4, 0.5) is 0 Å². The van der Waals surface area contributed by atoms with Crippen LogP contribution in [0.15, 0.2) is 48.5 Å². The number of halogens is 2. The van der Waals surface area contributed by atoms with Crippen molar-refractivity contribution in [2.24, 2.45) is 0 Å². The minimum atomic E-state index is -0.991. The molecule has 0 spiro atoms. The number of nitrogens with one attached hydrogen (secondary N) is 1. The van der Waals surface area contributed by atoms with Gasteiger partial charge in [-0.25, -0.2) is 4.79 Å². The summed E-state index contributed by atoms with van der Waals surface area (Å²) in [5.74, 6) is -0.610. The summed E-state index contributed by atoms with van der Waals surface area (Å²) < 4.78 is 5.58. The number of aromatic carboxylic acids is 1. The van der Waals surface area contributed by atoms with Gasteiger partial charge in [0.2, 0.25) is 0 Å². The number of para-hydroxylation sites is 1. The van der Waals surface area contributed by atoms with Crippen LogP contribution in [-0.2, 0) is 5.54 Å². The molecule has 0 aliphatic heterocycles. The first-order chi connectivity index (χ1) is 10.9. The van der Waals surface area contributed by atoms with Crippen LogP contribution >= 0.6 is 24.0 Å².